The van der Waals surface area contributed by atoms with Crippen LogP contribution in [0.25, 0.3) is 0 Å². The summed E-state index contributed by atoms with van der Waals surface area (Å²) in [6.07, 6.45) is 0. The number of anilines is 1. The standard InChI is InChI=1S/C12H11NO2S.2C2H6/c14-16(15,12-9-5-2-6-10-12)13-11-7-3-1-4-8-11;2*1-2/h1-10,13H;2*1-2H3. The Morgan fingerprint density at radius 2 is 1.10 bits per heavy atom. The van der Waals surface area contributed by atoms with E-state index in [4.69, 9.17) is 0 Å². The average molecular weight is 293 g/mol. The molecule has 3 nitrogen and oxygen atoms in total. The number of hydrogen-bond donors (Lipinski definition) is 1. The van der Waals surface area contributed by atoms with Crippen LogP contribution >= 0.6 is 0 Å². The second-order valence-corrected chi connectivity index (χ2v) is 4.97. The molecule has 0 saturated heterocycles. The van der Waals surface area contributed by atoms with E-state index in [0.717, 1.165) is 0 Å². The first-order valence-corrected chi connectivity index (χ1v) is 8.30. The van der Waals surface area contributed by atoms with Gasteiger partial charge in [0.1, 0.15) is 0 Å². The Morgan fingerprint density at radius 1 is 0.700 bits per heavy atom. The minimum atomic E-state index is -3.46. The first-order valence-electron chi connectivity index (χ1n) is 6.81. The van der Waals surface area contributed by atoms with Crippen molar-refractivity contribution in [2.24, 2.45) is 0 Å². The highest BCUT2D eigenvalue weighted by atomic mass is 32.2. The fourth-order valence-corrected chi connectivity index (χ4v) is 2.40. The molecule has 2 rings (SSSR count). The summed E-state index contributed by atoms with van der Waals surface area (Å²) in [6.45, 7) is 8.00. The van der Waals surface area contributed by atoms with Crippen molar-refractivity contribution in [1.82, 2.24) is 0 Å². The van der Waals surface area contributed by atoms with Crippen LogP contribution in [-0.2, 0) is 10.0 Å². The van der Waals surface area contributed by atoms with Crippen molar-refractivity contribution < 1.29 is 8.42 Å². The summed E-state index contributed by atoms with van der Waals surface area (Å²) in [7, 11) is -3.46. The summed E-state index contributed by atoms with van der Waals surface area (Å²) in [5, 5.41) is 0. The van der Waals surface area contributed by atoms with Gasteiger partial charge in [-0.3, -0.25) is 4.72 Å². The molecule has 1 N–H and O–H groups in total. The third-order valence-electron chi connectivity index (χ3n) is 2.08. The van der Waals surface area contributed by atoms with E-state index < -0.39 is 10.0 Å². The topological polar surface area (TPSA) is 46.2 Å². The van der Waals surface area contributed by atoms with Crippen LogP contribution in [0.2, 0.25) is 0 Å². The lowest BCUT2D eigenvalue weighted by Gasteiger charge is -2.07. The van der Waals surface area contributed by atoms with E-state index in [1.807, 2.05) is 33.8 Å². The maximum Gasteiger partial charge on any atom is 0.261 e. The van der Waals surface area contributed by atoms with Crippen molar-refractivity contribution in [3.8, 4) is 0 Å². The van der Waals surface area contributed by atoms with Gasteiger partial charge in [0.15, 0.2) is 0 Å². The second kappa shape index (κ2) is 10.0. The number of benzene rings is 2. The monoisotopic (exact) mass is 293 g/mol. The van der Waals surface area contributed by atoms with Crippen molar-refractivity contribution in [1.29, 1.82) is 0 Å². The summed E-state index contributed by atoms with van der Waals surface area (Å²) in [5.74, 6) is 0. The Bertz CT molecular complexity index is 552. The van der Waals surface area contributed by atoms with Crippen LogP contribution in [0.15, 0.2) is 65.6 Å². The number of rotatable bonds is 3. The zero-order valence-corrected chi connectivity index (χ0v) is 13.3. The molecule has 110 valence electrons. The summed E-state index contributed by atoms with van der Waals surface area (Å²) in [6, 6.07) is 17.1. The largest absolute Gasteiger partial charge is 0.280 e. The highest BCUT2D eigenvalue weighted by Gasteiger charge is 2.12. The van der Waals surface area contributed by atoms with Crippen molar-refractivity contribution in [3.05, 3.63) is 60.7 Å². The molecule has 0 bridgehead atoms. The Labute approximate surface area is 122 Å². The molecule has 4 heteroatoms. The smallest absolute Gasteiger partial charge is 0.261 e. The van der Waals surface area contributed by atoms with E-state index in [2.05, 4.69) is 4.72 Å². The zero-order chi connectivity index (χ0) is 15.4. The third kappa shape index (κ3) is 5.89. The van der Waals surface area contributed by atoms with Gasteiger partial charge in [-0.15, -0.1) is 0 Å². The molecule has 0 aliphatic carbocycles. The quantitative estimate of drug-likeness (QED) is 0.903. The van der Waals surface area contributed by atoms with Gasteiger partial charge in [-0.05, 0) is 24.3 Å². The summed E-state index contributed by atoms with van der Waals surface area (Å²) in [5.41, 5.74) is 0.561. The third-order valence-corrected chi connectivity index (χ3v) is 3.48. The highest BCUT2D eigenvalue weighted by molar-refractivity contribution is 7.92. The molecule has 0 saturated carbocycles. The van der Waals surface area contributed by atoms with Gasteiger partial charge < -0.3 is 0 Å². The van der Waals surface area contributed by atoms with Crippen LogP contribution in [0.3, 0.4) is 0 Å². The predicted octanol–water partition coefficient (Wildman–Crippen LogP) is 4.54. The summed E-state index contributed by atoms with van der Waals surface area (Å²) < 4.78 is 26.3. The maximum absolute atomic E-state index is 11.9. The Kier molecular flexibility index (Phi) is 9.13. The Balaban J connectivity index is 0.000000829. The molecule has 0 fully saturated rings. The van der Waals surface area contributed by atoms with Crippen molar-refractivity contribution in [3.63, 3.8) is 0 Å². The number of hydrogen-bond acceptors (Lipinski definition) is 2. The van der Waals surface area contributed by atoms with E-state index in [1.165, 1.54) is 0 Å². The molecule has 0 atom stereocenters. The molecule has 0 unspecified atom stereocenters. The van der Waals surface area contributed by atoms with Gasteiger partial charge in [0.2, 0.25) is 0 Å². The molecule has 0 radical (unpaired) electrons. The van der Waals surface area contributed by atoms with Crippen LogP contribution in [0.5, 0.6) is 0 Å². The Hall–Kier alpha value is -1.81. The minimum Gasteiger partial charge on any atom is -0.280 e. The van der Waals surface area contributed by atoms with Crippen LogP contribution in [-0.4, -0.2) is 8.42 Å². The molecule has 0 heterocycles. The van der Waals surface area contributed by atoms with Gasteiger partial charge in [0, 0.05) is 5.69 Å². The van der Waals surface area contributed by atoms with Gasteiger partial charge in [-0.2, -0.15) is 0 Å². The fourth-order valence-electron chi connectivity index (χ4n) is 1.32. The van der Waals surface area contributed by atoms with Gasteiger partial charge >= 0.3 is 0 Å². The summed E-state index contributed by atoms with van der Waals surface area (Å²) >= 11 is 0. The molecule has 0 aliphatic heterocycles. The van der Waals surface area contributed by atoms with Crippen LogP contribution < -0.4 is 4.72 Å². The lowest BCUT2D eigenvalue weighted by Crippen LogP contribution is -2.12. The first kappa shape index (κ1) is 18.2. The molecule has 0 aliphatic rings. The zero-order valence-electron chi connectivity index (χ0n) is 12.5. The number of para-hydroxylation sites is 1. The molecular formula is C16H23NO2S. The van der Waals surface area contributed by atoms with Crippen LogP contribution in [0.1, 0.15) is 27.7 Å². The molecule has 0 spiro atoms. The van der Waals surface area contributed by atoms with Crippen molar-refractivity contribution in [2.45, 2.75) is 32.6 Å². The molecule has 0 amide bonds. The van der Waals surface area contributed by atoms with Crippen molar-refractivity contribution >= 4 is 15.7 Å². The number of sulfonamides is 1. The lowest BCUT2D eigenvalue weighted by atomic mass is 10.3. The lowest BCUT2D eigenvalue weighted by molar-refractivity contribution is 0.601. The van der Waals surface area contributed by atoms with Gasteiger partial charge in [-0.1, -0.05) is 64.1 Å². The highest BCUT2D eigenvalue weighted by Crippen LogP contribution is 2.14. The van der Waals surface area contributed by atoms with E-state index in [0.29, 0.717) is 5.69 Å². The first-order chi connectivity index (χ1) is 9.68. The van der Waals surface area contributed by atoms with Crippen molar-refractivity contribution in [2.75, 3.05) is 4.72 Å². The Morgan fingerprint density at radius 3 is 1.55 bits per heavy atom. The van der Waals surface area contributed by atoms with Gasteiger partial charge in [0.25, 0.3) is 10.0 Å². The summed E-state index contributed by atoms with van der Waals surface area (Å²) in [4.78, 5) is 0.263. The van der Waals surface area contributed by atoms with E-state index >= 15 is 0 Å². The van der Waals surface area contributed by atoms with Gasteiger partial charge in [-0.25, -0.2) is 8.42 Å². The fraction of sp³-hybridized carbons (Fsp3) is 0.250. The predicted molar refractivity (Wildman–Crippen MR) is 86.4 cm³/mol. The SMILES string of the molecule is CC.CC.O=S(=O)(Nc1ccccc1)c1ccccc1. The van der Waals surface area contributed by atoms with E-state index in [1.54, 1.807) is 54.6 Å². The van der Waals surface area contributed by atoms with Gasteiger partial charge in [0.05, 0.1) is 4.90 Å². The van der Waals surface area contributed by atoms with Crippen LogP contribution in [0, 0.1) is 0 Å². The van der Waals surface area contributed by atoms with E-state index in [9.17, 15) is 8.42 Å². The maximum atomic E-state index is 11.9. The molecule has 20 heavy (non-hydrogen) atoms. The molecule has 2 aromatic rings. The minimum absolute atomic E-state index is 0.263. The average Bonchev–Trinajstić information content (AvgIpc) is 2.53. The van der Waals surface area contributed by atoms with Crippen LogP contribution in [0.4, 0.5) is 5.69 Å². The second-order valence-electron chi connectivity index (χ2n) is 3.28. The van der Waals surface area contributed by atoms with E-state index in [-0.39, 0.29) is 4.90 Å². The number of nitrogens with one attached hydrogen (secondary N) is 1. The molecule has 2 aromatic carbocycles. The normalized spacial score (nSPS) is 9.40. The molecular weight excluding hydrogens is 270 g/mol. The molecule has 0 aromatic heterocycles.